The van der Waals surface area contributed by atoms with Gasteiger partial charge in [-0.2, -0.15) is 5.10 Å². The van der Waals surface area contributed by atoms with Crippen LogP contribution in [0.3, 0.4) is 0 Å². The zero-order valence-electron chi connectivity index (χ0n) is 16.6. The SMILES string of the molecule is CCNC(=NCC(C)Oc1cccc(F)c1)N1CCOC(c2cnn(C)c2)C1. The third-order valence-electron chi connectivity index (χ3n) is 4.43. The Hall–Kier alpha value is -2.61. The Morgan fingerprint density at radius 1 is 1.50 bits per heavy atom. The molecule has 0 aliphatic carbocycles. The molecular weight excluding hydrogens is 361 g/mol. The van der Waals surface area contributed by atoms with Crippen molar-refractivity contribution in [2.75, 3.05) is 32.8 Å². The van der Waals surface area contributed by atoms with Crippen molar-refractivity contribution in [2.24, 2.45) is 12.0 Å². The molecule has 0 radical (unpaired) electrons. The Bertz CT molecular complexity index is 794. The molecule has 2 atom stereocenters. The van der Waals surface area contributed by atoms with Gasteiger partial charge in [0.1, 0.15) is 23.8 Å². The molecule has 1 aliphatic rings. The van der Waals surface area contributed by atoms with Crippen molar-refractivity contribution in [3.63, 3.8) is 0 Å². The van der Waals surface area contributed by atoms with E-state index in [4.69, 9.17) is 14.5 Å². The first-order chi connectivity index (χ1) is 13.5. The number of morpholine rings is 1. The molecule has 0 saturated carbocycles. The summed E-state index contributed by atoms with van der Waals surface area (Å²) in [6.45, 7) is 7.30. The number of nitrogens with zero attached hydrogens (tertiary/aromatic N) is 4. The third kappa shape index (κ3) is 5.45. The normalized spacial score (nSPS) is 18.8. The number of nitrogens with one attached hydrogen (secondary N) is 1. The van der Waals surface area contributed by atoms with E-state index in [1.165, 1.54) is 12.1 Å². The summed E-state index contributed by atoms with van der Waals surface area (Å²) in [5.74, 6) is 1.03. The summed E-state index contributed by atoms with van der Waals surface area (Å²) in [4.78, 5) is 6.92. The molecule has 152 valence electrons. The lowest BCUT2D eigenvalue weighted by Gasteiger charge is -2.35. The van der Waals surface area contributed by atoms with Gasteiger partial charge in [0.2, 0.25) is 0 Å². The zero-order chi connectivity index (χ0) is 19.9. The standard InChI is InChI=1S/C20H28FN5O2/c1-4-22-20(23-11-15(2)28-18-7-5-6-17(21)10-18)26-8-9-27-19(14-26)16-12-24-25(3)13-16/h5-7,10,12-13,15,19H,4,8-9,11,14H2,1-3H3,(H,22,23). The minimum absolute atomic E-state index is 0.0349. The summed E-state index contributed by atoms with van der Waals surface area (Å²) >= 11 is 0. The number of halogens is 1. The van der Waals surface area contributed by atoms with Gasteiger partial charge in [-0.25, -0.2) is 9.38 Å². The predicted octanol–water partition coefficient (Wildman–Crippen LogP) is 2.37. The number of hydrogen-bond donors (Lipinski definition) is 1. The van der Waals surface area contributed by atoms with Crippen molar-refractivity contribution in [1.29, 1.82) is 0 Å². The zero-order valence-corrected chi connectivity index (χ0v) is 16.6. The van der Waals surface area contributed by atoms with Gasteiger partial charge in [-0.15, -0.1) is 0 Å². The summed E-state index contributed by atoms with van der Waals surface area (Å²) < 4.78 is 26.8. The van der Waals surface area contributed by atoms with E-state index in [0.717, 1.165) is 24.6 Å². The first-order valence-corrected chi connectivity index (χ1v) is 9.60. The van der Waals surface area contributed by atoms with Gasteiger partial charge in [0, 0.05) is 38.0 Å². The monoisotopic (exact) mass is 389 g/mol. The fourth-order valence-corrected chi connectivity index (χ4v) is 3.10. The molecule has 0 spiro atoms. The molecule has 1 fully saturated rings. The quantitative estimate of drug-likeness (QED) is 0.607. The number of aromatic nitrogens is 2. The van der Waals surface area contributed by atoms with Crippen molar-refractivity contribution in [3.8, 4) is 5.75 Å². The van der Waals surface area contributed by atoms with Crippen molar-refractivity contribution in [2.45, 2.75) is 26.1 Å². The van der Waals surface area contributed by atoms with Crippen LogP contribution in [0.4, 0.5) is 4.39 Å². The molecule has 8 heteroatoms. The first-order valence-electron chi connectivity index (χ1n) is 9.60. The molecule has 2 unspecified atom stereocenters. The van der Waals surface area contributed by atoms with E-state index in [9.17, 15) is 4.39 Å². The molecule has 7 nitrogen and oxygen atoms in total. The molecule has 1 N–H and O–H groups in total. The van der Waals surface area contributed by atoms with Crippen LogP contribution in [0.1, 0.15) is 25.5 Å². The Balaban J connectivity index is 1.62. The summed E-state index contributed by atoms with van der Waals surface area (Å²) in [6.07, 6.45) is 3.61. The van der Waals surface area contributed by atoms with Gasteiger partial charge < -0.3 is 19.7 Å². The van der Waals surface area contributed by atoms with E-state index >= 15 is 0 Å². The Morgan fingerprint density at radius 2 is 2.36 bits per heavy atom. The average Bonchev–Trinajstić information content (AvgIpc) is 3.12. The molecule has 1 aliphatic heterocycles. The Labute approximate surface area is 165 Å². The summed E-state index contributed by atoms with van der Waals surface area (Å²) in [5, 5.41) is 7.57. The highest BCUT2D eigenvalue weighted by Crippen LogP contribution is 2.21. The van der Waals surface area contributed by atoms with Gasteiger partial charge in [0.05, 0.1) is 25.9 Å². The molecular formula is C20H28FN5O2. The van der Waals surface area contributed by atoms with Crippen LogP contribution in [0.25, 0.3) is 0 Å². The summed E-state index contributed by atoms with van der Waals surface area (Å²) in [5.41, 5.74) is 1.06. The largest absolute Gasteiger partial charge is 0.489 e. The predicted molar refractivity (Wildman–Crippen MR) is 106 cm³/mol. The smallest absolute Gasteiger partial charge is 0.194 e. The number of rotatable bonds is 6. The van der Waals surface area contributed by atoms with E-state index in [0.29, 0.717) is 25.4 Å². The number of ether oxygens (including phenoxy) is 2. The Morgan fingerprint density at radius 3 is 3.07 bits per heavy atom. The van der Waals surface area contributed by atoms with Crippen molar-refractivity contribution >= 4 is 5.96 Å². The van der Waals surface area contributed by atoms with Crippen LogP contribution in [-0.2, 0) is 11.8 Å². The number of hydrogen-bond acceptors (Lipinski definition) is 4. The lowest BCUT2D eigenvalue weighted by atomic mass is 10.1. The lowest BCUT2D eigenvalue weighted by Crippen LogP contribution is -2.48. The number of benzene rings is 1. The molecule has 0 amide bonds. The van der Waals surface area contributed by atoms with E-state index in [-0.39, 0.29) is 18.0 Å². The number of aliphatic imine (C=N–C) groups is 1. The van der Waals surface area contributed by atoms with Crippen molar-refractivity contribution in [1.82, 2.24) is 20.0 Å². The second-order valence-corrected chi connectivity index (χ2v) is 6.83. The molecule has 1 aromatic heterocycles. The van der Waals surface area contributed by atoms with Crippen LogP contribution in [0.2, 0.25) is 0 Å². The van der Waals surface area contributed by atoms with Crippen LogP contribution >= 0.6 is 0 Å². The van der Waals surface area contributed by atoms with Crippen LogP contribution in [0.5, 0.6) is 5.75 Å². The highest BCUT2D eigenvalue weighted by atomic mass is 19.1. The van der Waals surface area contributed by atoms with E-state index in [1.807, 2.05) is 33.3 Å². The van der Waals surface area contributed by atoms with Crippen LogP contribution in [0, 0.1) is 5.82 Å². The number of aryl methyl sites for hydroxylation is 1. The van der Waals surface area contributed by atoms with Crippen molar-refractivity contribution in [3.05, 3.63) is 48.0 Å². The van der Waals surface area contributed by atoms with Crippen molar-refractivity contribution < 1.29 is 13.9 Å². The summed E-state index contributed by atoms with van der Waals surface area (Å²) in [7, 11) is 1.90. The number of guanidine groups is 1. The molecule has 0 bridgehead atoms. The maximum absolute atomic E-state index is 13.3. The highest BCUT2D eigenvalue weighted by Gasteiger charge is 2.25. The van der Waals surface area contributed by atoms with Crippen LogP contribution in [0.15, 0.2) is 41.7 Å². The molecule has 2 heterocycles. The van der Waals surface area contributed by atoms with Gasteiger partial charge in [-0.3, -0.25) is 4.68 Å². The van der Waals surface area contributed by atoms with Gasteiger partial charge >= 0.3 is 0 Å². The van der Waals surface area contributed by atoms with Gasteiger partial charge in [0.25, 0.3) is 0 Å². The van der Waals surface area contributed by atoms with Gasteiger partial charge in [-0.05, 0) is 26.0 Å². The van der Waals surface area contributed by atoms with Crippen LogP contribution in [-0.4, -0.2) is 59.5 Å². The summed E-state index contributed by atoms with van der Waals surface area (Å²) in [6, 6.07) is 6.16. The maximum Gasteiger partial charge on any atom is 0.194 e. The van der Waals surface area contributed by atoms with E-state index in [2.05, 4.69) is 15.3 Å². The van der Waals surface area contributed by atoms with Gasteiger partial charge in [-0.1, -0.05) is 6.07 Å². The van der Waals surface area contributed by atoms with E-state index < -0.39 is 0 Å². The first kappa shape index (κ1) is 20.1. The van der Waals surface area contributed by atoms with E-state index in [1.54, 1.807) is 16.8 Å². The third-order valence-corrected chi connectivity index (χ3v) is 4.43. The fraction of sp³-hybridized carbons (Fsp3) is 0.500. The molecule has 3 rings (SSSR count). The Kier molecular flexibility index (Phi) is 6.86. The molecule has 28 heavy (non-hydrogen) atoms. The van der Waals surface area contributed by atoms with Gasteiger partial charge in [0.15, 0.2) is 5.96 Å². The minimum Gasteiger partial charge on any atom is -0.489 e. The molecule has 1 saturated heterocycles. The lowest BCUT2D eigenvalue weighted by molar-refractivity contribution is -0.00808. The second-order valence-electron chi connectivity index (χ2n) is 6.83. The second kappa shape index (κ2) is 9.54. The van der Waals surface area contributed by atoms with Crippen LogP contribution < -0.4 is 10.1 Å². The molecule has 2 aromatic rings. The maximum atomic E-state index is 13.3. The highest BCUT2D eigenvalue weighted by molar-refractivity contribution is 5.80. The minimum atomic E-state index is -0.309. The fourth-order valence-electron chi connectivity index (χ4n) is 3.10. The average molecular weight is 389 g/mol. The molecule has 1 aromatic carbocycles. The topological polar surface area (TPSA) is 63.9 Å².